The van der Waals surface area contributed by atoms with Crippen molar-refractivity contribution in [1.29, 1.82) is 0 Å². The fourth-order valence-electron chi connectivity index (χ4n) is 1.84. The van der Waals surface area contributed by atoms with Crippen LogP contribution in [0.4, 0.5) is 0 Å². The Morgan fingerprint density at radius 3 is 2.80 bits per heavy atom. The summed E-state index contributed by atoms with van der Waals surface area (Å²) in [5, 5.41) is 4.38. The van der Waals surface area contributed by atoms with Crippen LogP contribution in [0.2, 0.25) is 10.0 Å². The van der Waals surface area contributed by atoms with Crippen molar-refractivity contribution >= 4 is 23.2 Å². The third-order valence-corrected chi connectivity index (χ3v) is 3.43. The number of rotatable bonds is 6. The normalized spacial score (nSPS) is 10.8. The Labute approximate surface area is 128 Å². The summed E-state index contributed by atoms with van der Waals surface area (Å²) in [6.45, 7) is 3.99. The Morgan fingerprint density at radius 1 is 1.35 bits per heavy atom. The van der Waals surface area contributed by atoms with Gasteiger partial charge < -0.3 is 14.6 Å². The van der Waals surface area contributed by atoms with Gasteiger partial charge in [-0.15, -0.1) is 0 Å². The van der Waals surface area contributed by atoms with Crippen LogP contribution in [0.15, 0.2) is 24.7 Å². The zero-order valence-corrected chi connectivity index (χ0v) is 13.0. The molecule has 1 N–H and O–H groups in total. The lowest BCUT2D eigenvalue weighted by atomic mass is 10.2. The largest absolute Gasteiger partial charge is 0.485 e. The lowest BCUT2D eigenvalue weighted by Gasteiger charge is -2.14. The van der Waals surface area contributed by atoms with E-state index in [0.717, 1.165) is 17.8 Å². The molecule has 0 saturated carbocycles. The highest BCUT2D eigenvalue weighted by atomic mass is 35.5. The number of nitrogens with one attached hydrogen (secondary N) is 1. The van der Waals surface area contributed by atoms with E-state index in [9.17, 15) is 0 Å². The molecule has 0 aliphatic rings. The summed E-state index contributed by atoms with van der Waals surface area (Å²) >= 11 is 12.3. The van der Waals surface area contributed by atoms with Gasteiger partial charge in [0, 0.05) is 24.2 Å². The maximum Gasteiger partial charge on any atom is 0.143 e. The monoisotopic (exact) mass is 313 g/mol. The van der Waals surface area contributed by atoms with Crippen LogP contribution in [-0.2, 0) is 20.2 Å². The first-order valence-electron chi connectivity index (χ1n) is 6.38. The first-order valence-corrected chi connectivity index (χ1v) is 7.14. The number of imidazole rings is 1. The van der Waals surface area contributed by atoms with E-state index < -0.39 is 0 Å². The van der Waals surface area contributed by atoms with E-state index in [0.29, 0.717) is 28.9 Å². The third-order valence-electron chi connectivity index (χ3n) is 2.93. The minimum Gasteiger partial charge on any atom is -0.485 e. The molecule has 0 amide bonds. The van der Waals surface area contributed by atoms with Crippen LogP contribution in [0.1, 0.15) is 18.2 Å². The fraction of sp³-hybridized carbons (Fsp3) is 0.357. The smallest absolute Gasteiger partial charge is 0.143 e. The van der Waals surface area contributed by atoms with Crippen molar-refractivity contribution in [2.75, 3.05) is 6.54 Å². The molecule has 0 spiro atoms. The summed E-state index contributed by atoms with van der Waals surface area (Å²) < 4.78 is 7.76. The van der Waals surface area contributed by atoms with Crippen LogP contribution >= 0.6 is 23.2 Å². The first-order chi connectivity index (χ1) is 9.61. The van der Waals surface area contributed by atoms with Crippen molar-refractivity contribution in [2.24, 2.45) is 7.05 Å². The Hall–Kier alpha value is -1.23. The van der Waals surface area contributed by atoms with Gasteiger partial charge in [-0.1, -0.05) is 30.1 Å². The summed E-state index contributed by atoms with van der Waals surface area (Å²) in [6, 6.07) is 3.56. The van der Waals surface area contributed by atoms with Crippen molar-refractivity contribution in [3.05, 3.63) is 46.0 Å². The minimum absolute atomic E-state index is 0.414. The number of aromatic nitrogens is 2. The van der Waals surface area contributed by atoms with Gasteiger partial charge in [-0.05, 0) is 18.7 Å². The quantitative estimate of drug-likeness (QED) is 0.888. The van der Waals surface area contributed by atoms with Gasteiger partial charge in [0.15, 0.2) is 0 Å². The lowest BCUT2D eigenvalue weighted by molar-refractivity contribution is 0.293. The van der Waals surface area contributed by atoms with Gasteiger partial charge >= 0.3 is 0 Å². The van der Waals surface area contributed by atoms with Crippen LogP contribution in [0.25, 0.3) is 0 Å². The van der Waals surface area contributed by atoms with Crippen molar-refractivity contribution in [3.63, 3.8) is 0 Å². The lowest BCUT2D eigenvalue weighted by Crippen LogP contribution is -2.13. The van der Waals surface area contributed by atoms with Crippen molar-refractivity contribution in [1.82, 2.24) is 14.9 Å². The number of nitrogens with zero attached hydrogens (tertiary/aromatic N) is 2. The SMILES string of the molecule is CCNCc1cc(Cl)cc(Cl)c1OCc1cncn1C. The number of hydrogen-bond acceptors (Lipinski definition) is 3. The molecule has 2 rings (SSSR count). The molecule has 108 valence electrons. The van der Waals surface area contributed by atoms with E-state index >= 15 is 0 Å². The second-order valence-electron chi connectivity index (χ2n) is 4.44. The molecule has 0 radical (unpaired) electrons. The van der Waals surface area contributed by atoms with Crippen LogP contribution in [0.5, 0.6) is 5.75 Å². The first kappa shape index (κ1) is 15.2. The van der Waals surface area contributed by atoms with Crippen molar-refractivity contribution in [3.8, 4) is 5.75 Å². The van der Waals surface area contributed by atoms with E-state index in [4.69, 9.17) is 27.9 Å². The van der Waals surface area contributed by atoms with Crippen LogP contribution in [0, 0.1) is 0 Å². The van der Waals surface area contributed by atoms with E-state index in [2.05, 4.69) is 10.3 Å². The Balaban J connectivity index is 2.18. The fourth-order valence-corrected chi connectivity index (χ4v) is 2.43. The third kappa shape index (κ3) is 3.66. The van der Waals surface area contributed by atoms with E-state index in [1.54, 1.807) is 18.6 Å². The highest BCUT2D eigenvalue weighted by Gasteiger charge is 2.11. The summed E-state index contributed by atoms with van der Waals surface area (Å²) in [5.41, 5.74) is 1.93. The van der Waals surface area contributed by atoms with Crippen LogP contribution in [-0.4, -0.2) is 16.1 Å². The van der Waals surface area contributed by atoms with Gasteiger partial charge in [-0.3, -0.25) is 0 Å². The molecular formula is C14H17Cl2N3O. The molecule has 20 heavy (non-hydrogen) atoms. The maximum absolute atomic E-state index is 6.23. The van der Waals surface area contributed by atoms with E-state index in [1.165, 1.54) is 0 Å². The molecule has 0 fully saturated rings. The van der Waals surface area contributed by atoms with Gasteiger partial charge in [0.2, 0.25) is 0 Å². The molecule has 0 atom stereocenters. The average molecular weight is 314 g/mol. The second-order valence-corrected chi connectivity index (χ2v) is 5.28. The molecule has 0 bridgehead atoms. The molecule has 0 unspecified atom stereocenters. The standard InChI is InChI=1S/C14H17Cl2N3O/c1-3-17-6-10-4-11(15)5-13(16)14(10)20-8-12-7-18-9-19(12)2/h4-5,7,9,17H,3,6,8H2,1-2H3. The Kier molecular flexibility index (Phi) is 5.29. The number of aryl methyl sites for hydroxylation is 1. The molecule has 6 heteroatoms. The predicted octanol–water partition coefficient (Wildman–Crippen LogP) is 3.42. The summed E-state index contributed by atoms with van der Waals surface area (Å²) in [7, 11) is 1.93. The highest BCUT2D eigenvalue weighted by molar-refractivity contribution is 6.35. The molecule has 2 aromatic rings. The number of benzene rings is 1. The van der Waals surface area contributed by atoms with Crippen LogP contribution in [0.3, 0.4) is 0 Å². The summed E-state index contributed by atoms with van der Waals surface area (Å²) in [5.74, 6) is 0.665. The van der Waals surface area contributed by atoms with Crippen molar-refractivity contribution < 1.29 is 4.74 Å². The summed E-state index contributed by atoms with van der Waals surface area (Å²) in [4.78, 5) is 4.06. The molecule has 0 aliphatic heterocycles. The Bertz CT molecular complexity index is 584. The molecule has 1 aromatic carbocycles. The minimum atomic E-state index is 0.414. The zero-order chi connectivity index (χ0) is 14.5. The summed E-state index contributed by atoms with van der Waals surface area (Å²) in [6.07, 6.45) is 3.51. The molecule has 1 heterocycles. The Morgan fingerprint density at radius 2 is 2.15 bits per heavy atom. The number of halogens is 2. The topological polar surface area (TPSA) is 39.1 Å². The number of ether oxygens (including phenoxy) is 1. The maximum atomic E-state index is 6.23. The van der Waals surface area contributed by atoms with Gasteiger partial charge in [-0.2, -0.15) is 0 Å². The highest BCUT2D eigenvalue weighted by Crippen LogP contribution is 2.33. The second kappa shape index (κ2) is 6.97. The van der Waals surface area contributed by atoms with E-state index in [-0.39, 0.29) is 0 Å². The molecule has 4 nitrogen and oxygen atoms in total. The molecule has 0 aliphatic carbocycles. The number of hydrogen-bond donors (Lipinski definition) is 1. The average Bonchev–Trinajstić information content (AvgIpc) is 2.80. The zero-order valence-electron chi connectivity index (χ0n) is 11.5. The van der Waals surface area contributed by atoms with Gasteiger partial charge in [0.1, 0.15) is 12.4 Å². The van der Waals surface area contributed by atoms with Gasteiger partial charge in [0.05, 0.1) is 23.2 Å². The van der Waals surface area contributed by atoms with E-state index in [1.807, 2.05) is 24.6 Å². The van der Waals surface area contributed by atoms with Gasteiger partial charge in [-0.25, -0.2) is 4.98 Å². The van der Waals surface area contributed by atoms with Gasteiger partial charge in [0.25, 0.3) is 0 Å². The molecular weight excluding hydrogens is 297 g/mol. The molecule has 1 aromatic heterocycles. The predicted molar refractivity (Wildman–Crippen MR) is 81.4 cm³/mol. The van der Waals surface area contributed by atoms with Crippen LogP contribution < -0.4 is 10.1 Å². The van der Waals surface area contributed by atoms with Crippen molar-refractivity contribution in [2.45, 2.75) is 20.1 Å². The molecule has 0 saturated heterocycles.